The first-order valence-electron chi connectivity index (χ1n) is 11.0. The van der Waals surface area contributed by atoms with Gasteiger partial charge in [-0.25, -0.2) is 4.98 Å². The van der Waals surface area contributed by atoms with E-state index in [0.717, 1.165) is 41.5 Å². The number of carbonyl (C=O) groups excluding carboxylic acids is 2. The predicted octanol–water partition coefficient (Wildman–Crippen LogP) is 1.80. The van der Waals surface area contributed by atoms with Crippen molar-refractivity contribution in [2.75, 3.05) is 29.4 Å². The molecule has 32 heavy (non-hydrogen) atoms. The van der Waals surface area contributed by atoms with E-state index in [1.807, 2.05) is 49.6 Å². The molecule has 2 fully saturated rings. The fourth-order valence-corrected chi connectivity index (χ4v) is 4.57. The fraction of sp³-hybridized carbons (Fsp3) is 0.435. The lowest BCUT2D eigenvalue weighted by Crippen LogP contribution is -2.41. The molecular weight excluding hydrogens is 406 g/mol. The van der Waals surface area contributed by atoms with Gasteiger partial charge in [-0.05, 0) is 50.5 Å². The van der Waals surface area contributed by atoms with Crippen LogP contribution in [0.1, 0.15) is 29.8 Å². The highest BCUT2D eigenvalue weighted by molar-refractivity contribution is 6.00. The standard InChI is InChI=1S/C23H27N7O2/c1-14-4-5-19(10-15(14)2)30-12-17(11-20(30)31)23(32)25-18-6-8-28(13-18)21-22-27-26-16(3)29(22)9-7-24-21/h4-5,7,9-10,17-18H,6,8,11-13H2,1-3H3,(H,25,32)/t17-,18-/m0/s1. The van der Waals surface area contributed by atoms with Crippen LogP contribution in [0.25, 0.3) is 5.65 Å². The lowest BCUT2D eigenvalue weighted by Gasteiger charge is -2.20. The third-order valence-electron chi connectivity index (χ3n) is 6.61. The summed E-state index contributed by atoms with van der Waals surface area (Å²) in [7, 11) is 0. The third-order valence-corrected chi connectivity index (χ3v) is 6.61. The molecule has 0 spiro atoms. The Morgan fingerprint density at radius 3 is 2.78 bits per heavy atom. The van der Waals surface area contributed by atoms with E-state index >= 15 is 0 Å². The Hall–Kier alpha value is -3.49. The molecule has 2 saturated heterocycles. The Bertz CT molecular complexity index is 1200. The SMILES string of the molecule is Cc1ccc(N2C[C@@H](C(=O)N[C@H]3CCN(c4nccn5c(C)nnc45)C3)CC2=O)cc1C. The number of amides is 2. The first-order chi connectivity index (χ1) is 15.4. The Kier molecular flexibility index (Phi) is 5.03. The summed E-state index contributed by atoms with van der Waals surface area (Å²) in [4.78, 5) is 33.9. The molecule has 2 amide bonds. The summed E-state index contributed by atoms with van der Waals surface area (Å²) < 4.78 is 1.92. The summed E-state index contributed by atoms with van der Waals surface area (Å²) in [6.45, 7) is 7.84. The van der Waals surface area contributed by atoms with Gasteiger partial charge in [0.25, 0.3) is 0 Å². The number of benzene rings is 1. The monoisotopic (exact) mass is 433 g/mol. The largest absolute Gasteiger partial charge is 0.351 e. The maximum atomic E-state index is 13.0. The number of anilines is 2. The highest BCUT2D eigenvalue weighted by Gasteiger charge is 2.37. The van der Waals surface area contributed by atoms with Crippen molar-refractivity contribution in [2.45, 2.75) is 39.7 Å². The maximum Gasteiger partial charge on any atom is 0.227 e. The molecule has 5 rings (SSSR count). The van der Waals surface area contributed by atoms with Gasteiger partial charge in [-0.15, -0.1) is 10.2 Å². The zero-order chi connectivity index (χ0) is 22.4. The lowest BCUT2D eigenvalue weighted by atomic mass is 10.1. The van der Waals surface area contributed by atoms with Crippen molar-refractivity contribution in [1.29, 1.82) is 0 Å². The zero-order valence-corrected chi connectivity index (χ0v) is 18.6. The van der Waals surface area contributed by atoms with Crippen molar-refractivity contribution >= 4 is 29.0 Å². The van der Waals surface area contributed by atoms with E-state index in [-0.39, 0.29) is 30.2 Å². The average Bonchev–Trinajstić information content (AvgIpc) is 3.49. The van der Waals surface area contributed by atoms with Crippen LogP contribution in [0.4, 0.5) is 11.5 Å². The fourth-order valence-electron chi connectivity index (χ4n) is 4.57. The van der Waals surface area contributed by atoms with Gasteiger partial charge in [-0.1, -0.05) is 6.07 Å². The van der Waals surface area contributed by atoms with E-state index in [4.69, 9.17) is 0 Å². The normalized spacial score (nSPS) is 21.0. The summed E-state index contributed by atoms with van der Waals surface area (Å²) in [5.41, 5.74) is 3.92. The Morgan fingerprint density at radius 2 is 1.97 bits per heavy atom. The molecule has 3 aromatic rings. The molecule has 9 heteroatoms. The van der Waals surface area contributed by atoms with Crippen LogP contribution in [0.15, 0.2) is 30.6 Å². The van der Waals surface area contributed by atoms with Gasteiger partial charge in [0.1, 0.15) is 5.82 Å². The molecule has 1 N–H and O–H groups in total. The molecule has 0 radical (unpaired) electrons. The van der Waals surface area contributed by atoms with Gasteiger partial charge in [0, 0.05) is 50.2 Å². The molecule has 2 aliphatic heterocycles. The minimum atomic E-state index is -0.334. The molecule has 0 aliphatic carbocycles. The number of nitrogens with one attached hydrogen (secondary N) is 1. The van der Waals surface area contributed by atoms with Crippen LogP contribution in [0.2, 0.25) is 0 Å². The van der Waals surface area contributed by atoms with Crippen molar-refractivity contribution in [3.8, 4) is 0 Å². The highest BCUT2D eigenvalue weighted by atomic mass is 16.2. The van der Waals surface area contributed by atoms with Crippen molar-refractivity contribution in [1.82, 2.24) is 24.9 Å². The second kappa shape index (κ2) is 7.89. The van der Waals surface area contributed by atoms with Gasteiger partial charge in [0.05, 0.1) is 5.92 Å². The molecule has 2 aliphatic rings. The Morgan fingerprint density at radius 1 is 1.12 bits per heavy atom. The summed E-state index contributed by atoms with van der Waals surface area (Å²) >= 11 is 0. The van der Waals surface area contributed by atoms with E-state index in [9.17, 15) is 9.59 Å². The van der Waals surface area contributed by atoms with Crippen molar-refractivity contribution < 1.29 is 9.59 Å². The van der Waals surface area contributed by atoms with E-state index in [1.54, 1.807) is 11.1 Å². The van der Waals surface area contributed by atoms with Crippen LogP contribution in [-0.4, -0.2) is 57.1 Å². The van der Waals surface area contributed by atoms with Crippen molar-refractivity contribution in [3.63, 3.8) is 0 Å². The lowest BCUT2D eigenvalue weighted by molar-refractivity contribution is -0.126. The molecule has 166 valence electrons. The van der Waals surface area contributed by atoms with E-state index < -0.39 is 0 Å². The van der Waals surface area contributed by atoms with Crippen molar-refractivity contribution in [2.24, 2.45) is 5.92 Å². The number of aromatic nitrogens is 4. The number of hydrogen-bond acceptors (Lipinski definition) is 6. The first-order valence-corrected chi connectivity index (χ1v) is 11.0. The van der Waals surface area contributed by atoms with Gasteiger partial charge in [0.15, 0.2) is 5.82 Å². The molecule has 0 saturated carbocycles. The second-order valence-electron chi connectivity index (χ2n) is 8.81. The van der Waals surface area contributed by atoms with Gasteiger partial charge >= 0.3 is 0 Å². The summed E-state index contributed by atoms with van der Waals surface area (Å²) in [6, 6.07) is 6.00. The van der Waals surface area contributed by atoms with Crippen LogP contribution in [-0.2, 0) is 9.59 Å². The average molecular weight is 434 g/mol. The summed E-state index contributed by atoms with van der Waals surface area (Å²) in [5, 5.41) is 11.5. The molecule has 0 unspecified atom stereocenters. The number of hydrogen-bond donors (Lipinski definition) is 1. The molecule has 9 nitrogen and oxygen atoms in total. The number of rotatable bonds is 4. The summed E-state index contributed by atoms with van der Waals surface area (Å²) in [6.07, 6.45) is 4.66. The molecule has 1 aromatic carbocycles. The zero-order valence-electron chi connectivity index (χ0n) is 18.6. The second-order valence-corrected chi connectivity index (χ2v) is 8.81. The van der Waals surface area contributed by atoms with Crippen LogP contribution in [0, 0.1) is 26.7 Å². The van der Waals surface area contributed by atoms with Crippen LogP contribution >= 0.6 is 0 Å². The number of nitrogens with zero attached hydrogens (tertiary/aromatic N) is 6. The van der Waals surface area contributed by atoms with Gasteiger partial charge in [-0.2, -0.15) is 0 Å². The Labute approximate surface area is 186 Å². The highest BCUT2D eigenvalue weighted by Crippen LogP contribution is 2.28. The molecule has 2 atom stereocenters. The maximum absolute atomic E-state index is 13.0. The van der Waals surface area contributed by atoms with E-state index in [2.05, 4.69) is 25.4 Å². The molecule has 0 bridgehead atoms. The van der Waals surface area contributed by atoms with Crippen LogP contribution in [0.5, 0.6) is 0 Å². The Balaban J connectivity index is 1.23. The quantitative estimate of drug-likeness (QED) is 0.674. The van der Waals surface area contributed by atoms with Crippen LogP contribution in [0.3, 0.4) is 0 Å². The number of aryl methyl sites for hydroxylation is 3. The minimum absolute atomic E-state index is 0.000457. The molecular formula is C23H27N7O2. The third kappa shape index (κ3) is 3.57. The number of carbonyl (C=O) groups is 2. The first kappa shape index (κ1) is 20.4. The topological polar surface area (TPSA) is 95.7 Å². The predicted molar refractivity (Wildman–Crippen MR) is 121 cm³/mol. The molecule has 4 heterocycles. The van der Waals surface area contributed by atoms with E-state index in [1.165, 1.54) is 5.56 Å². The van der Waals surface area contributed by atoms with Crippen molar-refractivity contribution in [3.05, 3.63) is 47.5 Å². The summed E-state index contributed by atoms with van der Waals surface area (Å²) in [5.74, 6) is 1.20. The van der Waals surface area contributed by atoms with Crippen LogP contribution < -0.4 is 15.1 Å². The number of fused-ring (bicyclic) bond motifs is 1. The van der Waals surface area contributed by atoms with E-state index in [0.29, 0.717) is 13.1 Å². The van der Waals surface area contributed by atoms with Gasteiger partial charge in [-0.3, -0.25) is 14.0 Å². The molecule has 2 aromatic heterocycles. The van der Waals surface area contributed by atoms with Gasteiger partial charge < -0.3 is 15.1 Å². The van der Waals surface area contributed by atoms with Gasteiger partial charge in [0.2, 0.25) is 17.5 Å². The smallest absolute Gasteiger partial charge is 0.227 e. The minimum Gasteiger partial charge on any atom is -0.351 e.